The second-order valence-corrected chi connectivity index (χ2v) is 8.29. The zero-order valence-electron chi connectivity index (χ0n) is 18.1. The van der Waals surface area contributed by atoms with Gasteiger partial charge in [-0.1, -0.05) is 50.2 Å². The van der Waals surface area contributed by atoms with Gasteiger partial charge in [-0.25, -0.2) is 9.48 Å². The summed E-state index contributed by atoms with van der Waals surface area (Å²) in [5.74, 6) is -0.265. The van der Waals surface area contributed by atoms with Gasteiger partial charge < -0.3 is 10.1 Å². The first-order valence-electron chi connectivity index (χ1n) is 10.7. The first-order valence-corrected chi connectivity index (χ1v) is 10.7. The predicted octanol–water partition coefficient (Wildman–Crippen LogP) is 4.98. The van der Waals surface area contributed by atoms with Crippen molar-refractivity contribution in [3.63, 3.8) is 0 Å². The molecule has 0 radical (unpaired) electrons. The molecule has 0 atom stereocenters. The van der Waals surface area contributed by atoms with Crippen LogP contribution in [0.4, 0.5) is 5.69 Å². The van der Waals surface area contributed by atoms with Gasteiger partial charge in [0.1, 0.15) is 0 Å². The molecule has 1 aromatic heterocycles. The first-order chi connectivity index (χ1) is 14.9. The monoisotopic (exact) mass is 417 g/mol. The molecule has 1 amide bonds. The Kier molecular flexibility index (Phi) is 5.89. The third-order valence-electron chi connectivity index (χ3n) is 5.46. The van der Waals surface area contributed by atoms with Gasteiger partial charge in [-0.3, -0.25) is 4.79 Å². The topological polar surface area (TPSA) is 73.2 Å². The van der Waals surface area contributed by atoms with E-state index < -0.39 is 5.97 Å². The highest BCUT2D eigenvalue weighted by molar-refractivity contribution is 5.96. The summed E-state index contributed by atoms with van der Waals surface area (Å²) in [6, 6.07) is 17.2. The summed E-state index contributed by atoms with van der Waals surface area (Å²) in [5, 5.41) is 7.52. The molecule has 2 aromatic carbocycles. The largest absolute Gasteiger partial charge is 0.451 e. The number of amides is 1. The van der Waals surface area contributed by atoms with Crippen LogP contribution in [0, 0.1) is 6.92 Å². The Morgan fingerprint density at radius 1 is 1.13 bits per heavy atom. The van der Waals surface area contributed by atoms with E-state index >= 15 is 0 Å². The van der Waals surface area contributed by atoms with Crippen LogP contribution in [-0.2, 0) is 9.53 Å². The zero-order chi connectivity index (χ0) is 22.0. The van der Waals surface area contributed by atoms with E-state index in [1.54, 1.807) is 10.7 Å². The Morgan fingerprint density at radius 3 is 2.55 bits per heavy atom. The van der Waals surface area contributed by atoms with Crippen molar-refractivity contribution in [2.75, 3.05) is 11.9 Å². The summed E-state index contributed by atoms with van der Waals surface area (Å²) in [5.41, 5.74) is 4.82. The Morgan fingerprint density at radius 2 is 1.87 bits per heavy atom. The number of aryl methyl sites for hydroxylation is 1. The molecular weight excluding hydrogens is 390 g/mol. The minimum absolute atomic E-state index is 0.263. The summed E-state index contributed by atoms with van der Waals surface area (Å²) >= 11 is 0. The summed E-state index contributed by atoms with van der Waals surface area (Å²) in [6.07, 6.45) is 2.16. The minimum Gasteiger partial charge on any atom is -0.451 e. The van der Waals surface area contributed by atoms with Crippen LogP contribution in [-0.4, -0.2) is 28.3 Å². The first kappa shape index (κ1) is 20.8. The number of nitrogens with one attached hydrogen (secondary N) is 1. The fourth-order valence-electron chi connectivity index (χ4n) is 3.61. The van der Waals surface area contributed by atoms with Gasteiger partial charge in [0.25, 0.3) is 5.91 Å². The fourth-order valence-corrected chi connectivity index (χ4v) is 3.61. The third-order valence-corrected chi connectivity index (χ3v) is 5.46. The van der Waals surface area contributed by atoms with Crippen molar-refractivity contribution in [3.05, 3.63) is 77.1 Å². The second-order valence-electron chi connectivity index (χ2n) is 8.29. The Bertz CT molecular complexity index is 1100. The van der Waals surface area contributed by atoms with E-state index in [4.69, 9.17) is 4.74 Å². The number of carbonyl (C=O) groups is 2. The lowest BCUT2D eigenvalue weighted by Gasteiger charge is -2.16. The van der Waals surface area contributed by atoms with Gasteiger partial charge in [0.15, 0.2) is 12.3 Å². The number of ether oxygens (including phenoxy) is 1. The van der Waals surface area contributed by atoms with Crippen molar-refractivity contribution in [1.29, 1.82) is 0 Å². The van der Waals surface area contributed by atoms with Crippen LogP contribution in [0.5, 0.6) is 0 Å². The number of esters is 1. The number of anilines is 1. The third kappa shape index (κ3) is 4.68. The highest BCUT2D eigenvalue weighted by Crippen LogP contribution is 2.39. The van der Waals surface area contributed by atoms with E-state index in [2.05, 4.69) is 24.3 Å². The van der Waals surface area contributed by atoms with Gasteiger partial charge in [-0.05, 0) is 55.0 Å². The number of benzene rings is 2. The molecule has 1 N–H and O–H groups in total. The van der Waals surface area contributed by atoms with Gasteiger partial charge in [0.2, 0.25) is 0 Å². The van der Waals surface area contributed by atoms with E-state index in [9.17, 15) is 9.59 Å². The second kappa shape index (κ2) is 8.76. The van der Waals surface area contributed by atoms with Crippen LogP contribution in [0.1, 0.15) is 65.8 Å². The van der Waals surface area contributed by atoms with Crippen molar-refractivity contribution in [1.82, 2.24) is 9.78 Å². The summed E-state index contributed by atoms with van der Waals surface area (Å²) in [6.45, 7) is 5.74. The molecule has 1 saturated carbocycles. The molecule has 3 aromatic rings. The number of para-hydroxylation sites is 2. The Hall–Kier alpha value is -3.41. The van der Waals surface area contributed by atoms with Crippen LogP contribution >= 0.6 is 0 Å². The van der Waals surface area contributed by atoms with Crippen molar-refractivity contribution in [2.45, 2.75) is 45.4 Å². The normalized spacial score (nSPS) is 13.3. The highest BCUT2D eigenvalue weighted by Gasteiger charge is 2.29. The van der Waals surface area contributed by atoms with Crippen LogP contribution in [0.2, 0.25) is 0 Å². The molecule has 1 heterocycles. The van der Waals surface area contributed by atoms with Gasteiger partial charge in [-0.2, -0.15) is 5.10 Å². The number of aromatic nitrogens is 2. The quantitative estimate of drug-likeness (QED) is 0.551. The maximum absolute atomic E-state index is 12.8. The van der Waals surface area contributed by atoms with Crippen molar-refractivity contribution in [3.8, 4) is 5.69 Å². The van der Waals surface area contributed by atoms with Gasteiger partial charge in [-0.15, -0.1) is 0 Å². The standard InChI is InChI=1S/C25H27N3O3/c1-16(2)20-11-7-8-17(3)24(20)26-23(29)15-31-25(30)22-14-21(18-12-13-18)27-28(22)19-9-5-4-6-10-19/h4-11,14,16,18H,12-13,15H2,1-3H3,(H,26,29). The maximum Gasteiger partial charge on any atom is 0.357 e. The van der Waals surface area contributed by atoms with Crippen molar-refractivity contribution >= 4 is 17.6 Å². The molecule has 0 bridgehead atoms. The fraction of sp³-hybridized carbons (Fsp3) is 0.320. The molecule has 1 fully saturated rings. The van der Waals surface area contributed by atoms with E-state index in [1.807, 2.05) is 55.5 Å². The lowest BCUT2D eigenvalue weighted by atomic mass is 9.98. The van der Waals surface area contributed by atoms with Crippen LogP contribution < -0.4 is 5.32 Å². The molecule has 160 valence electrons. The molecule has 0 spiro atoms. The van der Waals surface area contributed by atoms with E-state index in [0.717, 1.165) is 41.0 Å². The molecule has 0 saturated heterocycles. The molecule has 4 rings (SSSR count). The van der Waals surface area contributed by atoms with Gasteiger partial charge >= 0.3 is 5.97 Å². The highest BCUT2D eigenvalue weighted by atomic mass is 16.5. The lowest BCUT2D eigenvalue weighted by Crippen LogP contribution is -2.23. The Labute approximate surface area is 182 Å². The number of hydrogen-bond acceptors (Lipinski definition) is 4. The molecule has 0 unspecified atom stereocenters. The smallest absolute Gasteiger partial charge is 0.357 e. The number of carbonyl (C=O) groups excluding carboxylic acids is 2. The van der Waals surface area contributed by atoms with E-state index in [-0.39, 0.29) is 18.4 Å². The number of hydrogen-bond donors (Lipinski definition) is 1. The van der Waals surface area contributed by atoms with Crippen LogP contribution in [0.25, 0.3) is 5.69 Å². The molecular formula is C25H27N3O3. The van der Waals surface area contributed by atoms with Gasteiger partial charge in [0, 0.05) is 11.6 Å². The minimum atomic E-state index is -0.563. The summed E-state index contributed by atoms with van der Waals surface area (Å²) < 4.78 is 6.97. The summed E-state index contributed by atoms with van der Waals surface area (Å²) in [7, 11) is 0. The Balaban J connectivity index is 1.48. The molecule has 6 heteroatoms. The molecule has 0 aliphatic heterocycles. The average molecular weight is 418 g/mol. The molecule has 1 aliphatic carbocycles. The molecule has 6 nitrogen and oxygen atoms in total. The summed E-state index contributed by atoms with van der Waals surface area (Å²) in [4.78, 5) is 25.4. The molecule has 31 heavy (non-hydrogen) atoms. The lowest BCUT2D eigenvalue weighted by molar-refractivity contribution is -0.119. The van der Waals surface area contributed by atoms with Crippen molar-refractivity contribution < 1.29 is 14.3 Å². The molecule has 1 aliphatic rings. The van der Waals surface area contributed by atoms with Crippen molar-refractivity contribution in [2.24, 2.45) is 0 Å². The average Bonchev–Trinajstić information content (AvgIpc) is 3.52. The zero-order valence-corrected chi connectivity index (χ0v) is 18.1. The van der Waals surface area contributed by atoms with Crippen LogP contribution in [0.15, 0.2) is 54.6 Å². The van der Waals surface area contributed by atoms with E-state index in [1.165, 1.54) is 0 Å². The number of rotatable bonds is 7. The van der Waals surface area contributed by atoms with Gasteiger partial charge in [0.05, 0.1) is 11.4 Å². The predicted molar refractivity (Wildman–Crippen MR) is 120 cm³/mol. The van der Waals surface area contributed by atoms with Crippen LogP contribution in [0.3, 0.4) is 0 Å². The number of nitrogens with zero attached hydrogens (tertiary/aromatic N) is 2. The van der Waals surface area contributed by atoms with E-state index in [0.29, 0.717) is 11.6 Å². The SMILES string of the molecule is Cc1cccc(C(C)C)c1NC(=O)COC(=O)c1cc(C2CC2)nn1-c1ccccc1. The maximum atomic E-state index is 12.8.